The SMILES string of the molecule is CCc1c(CCN)cnn1-c1ccc(F)c(Cl)c1. The van der Waals surface area contributed by atoms with Gasteiger partial charge in [-0.3, -0.25) is 0 Å². The van der Waals surface area contributed by atoms with E-state index in [1.807, 2.05) is 6.20 Å². The second kappa shape index (κ2) is 5.50. The van der Waals surface area contributed by atoms with Crippen molar-refractivity contribution in [2.24, 2.45) is 5.73 Å². The lowest BCUT2D eigenvalue weighted by atomic mass is 10.1. The molecule has 1 aromatic carbocycles. The van der Waals surface area contributed by atoms with Gasteiger partial charge < -0.3 is 5.73 Å². The number of hydrogen-bond acceptors (Lipinski definition) is 2. The van der Waals surface area contributed by atoms with Crippen LogP contribution in [0.5, 0.6) is 0 Å². The first kappa shape index (κ1) is 13.1. The fourth-order valence-corrected chi connectivity index (χ4v) is 2.16. The summed E-state index contributed by atoms with van der Waals surface area (Å²) in [6.45, 7) is 2.64. The minimum atomic E-state index is -0.423. The van der Waals surface area contributed by atoms with Gasteiger partial charge in [-0.1, -0.05) is 18.5 Å². The largest absolute Gasteiger partial charge is 0.330 e. The Hall–Kier alpha value is -1.39. The van der Waals surface area contributed by atoms with Crippen molar-refractivity contribution in [3.63, 3.8) is 0 Å². The van der Waals surface area contributed by atoms with Gasteiger partial charge in [-0.25, -0.2) is 9.07 Å². The molecule has 2 rings (SSSR count). The zero-order valence-electron chi connectivity index (χ0n) is 10.2. The lowest BCUT2D eigenvalue weighted by Crippen LogP contribution is -2.06. The van der Waals surface area contributed by atoms with Gasteiger partial charge in [-0.05, 0) is 43.1 Å². The molecule has 1 aromatic heterocycles. The second-order valence-electron chi connectivity index (χ2n) is 4.02. The lowest BCUT2D eigenvalue weighted by Gasteiger charge is -2.08. The molecule has 0 saturated heterocycles. The Labute approximate surface area is 110 Å². The van der Waals surface area contributed by atoms with Gasteiger partial charge in [0.1, 0.15) is 5.82 Å². The van der Waals surface area contributed by atoms with E-state index in [0.29, 0.717) is 6.54 Å². The summed E-state index contributed by atoms with van der Waals surface area (Å²) in [6.07, 6.45) is 3.44. The summed E-state index contributed by atoms with van der Waals surface area (Å²) in [5, 5.41) is 4.43. The van der Waals surface area contributed by atoms with E-state index in [2.05, 4.69) is 12.0 Å². The van der Waals surface area contributed by atoms with Crippen molar-refractivity contribution in [3.05, 3.63) is 46.5 Å². The van der Waals surface area contributed by atoms with E-state index in [4.69, 9.17) is 17.3 Å². The van der Waals surface area contributed by atoms with E-state index >= 15 is 0 Å². The molecule has 18 heavy (non-hydrogen) atoms. The molecular formula is C13H15ClFN3. The molecular weight excluding hydrogens is 253 g/mol. The lowest BCUT2D eigenvalue weighted by molar-refractivity contribution is 0.627. The van der Waals surface area contributed by atoms with Crippen molar-refractivity contribution in [2.75, 3.05) is 6.54 Å². The van der Waals surface area contributed by atoms with Gasteiger partial charge in [0.05, 0.1) is 16.9 Å². The molecule has 0 amide bonds. The summed E-state index contributed by atoms with van der Waals surface area (Å²) in [5.74, 6) is -0.423. The first-order valence-corrected chi connectivity index (χ1v) is 6.26. The number of nitrogens with zero attached hydrogens (tertiary/aromatic N) is 2. The Morgan fingerprint density at radius 1 is 1.44 bits per heavy atom. The molecule has 0 radical (unpaired) electrons. The maximum atomic E-state index is 13.1. The molecule has 2 N–H and O–H groups in total. The van der Waals surface area contributed by atoms with Crippen molar-refractivity contribution in [1.29, 1.82) is 0 Å². The summed E-state index contributed by atoms with van der Waals surface area (Å²) in [5.41, 5.74) is 8.55. The van der Waals surface area contributed by atoms with Crippen molar-refractivity contribution < 1.29 is 4.39 Å². The van der Waals surface area contributed by atoms with E-state index < -0.39 is 5.82 Å². The molecule has 0 aliphatic carbocycles. The highest BCUT2D eigenvalue weighted by molar-refractivity contribution is 6.30. The summed E-state index contributed by atoms with van der Waals surface area (Å²) in [7, 11) is 0. The smallest absolute Gasteiger partial charge is 0.141 e. The summed E-state index contributed by atoms with van der Waals surface area (Å²) >= 11 is 5.79. The average Bonchev–Trinajstić information content (AvgIpc) is 2.76. The van der Waals surface area contributed by atoms with Crippen molar-refractivity contribution in [3.8, 4) is 5.69 Å². The van der Waals surface area contributed by atoms with Crippen molar-refractivity contribution >= 4 is 11.6 Å². The van der Waals surface area contributed by atoms with Gasteiger partial charge in [0.15, 0.2) is 0 Å². The van der Waals surface area contributed by atoms with E-state index in [9.17, 15) is 4.39 Å². The molecule has 0 unspecified atom stereocenters. The van der Waals surface area contributed by atoms with Crippen LogP contribution in [0.2, 0.25) is 5.02 Å². The van der Waals surface area contributed by atoms with Crippen LogP contribution in [0.3, 0.4) is 0 Å². The van der Waals surface area contributed by atoms with Crippen LogP contribution in [0.1, 0.15) is 18.2 Å². The molecule has 0 spiro atoms. The van der Waals surface area contributed by atoms with Gasteiger partial charge in [0, 0.05) is 5.69 Å². The monoisotopic (exact) mass is 267 g/mol. The molecule has 1 heterocycles. The second-order valence-corrected chi connectivity index (χ2v) is 4.43. The molecule has 0 atom stereocenters. The highest BCUT2D eigenvalue weighted by Gasteiger charge is 2.11. The first-order valence-electron chi connectivity index (χ1n) is 5.88. The van der Waals surface area contributed by atoms with Crippen LogP contribution in [0, 0.1) is 5.82 Å². The summed E-state index contributed by atoms with van der Waals surface area (Å²) in [4.78, 5) is 0. The molecule has 0 aliphatic heterocycles. The van der Waals surface area contributed by atoms with Gasteiger partial charge in [-0.2, -0.15) is 5.10 Å². The maximum absolute atomic E-state index is 13.1. The van der Waals surface area contributed by atoms with Crippen molar-refractivity contribution in [2.45, 2.75) is 19.8 Å². The standard InChI is InChI=1S/C13H15ClFN3/c1-2-13-9(5-6-16)8-17-18(13)10-3-4-12(15)11(14)7-10/h3-4,7-8H,2,5-6,16H2,1H3. The minimum absolute atomic E-state index is 0.102. The van der Waals surface area contributed by atoms with Gasteiger partial charge >= 0.3 is 0 Å². The van der Waals surface area contributed by atoms with Gasteiger partial charge in [-0.15, -0.1) is 0 Å². The van der Waals surface area contributed by atoms with Crippen LogP contribution >= 0.6 is 11.6 Å². The van der Waals surface area contributed by atoms with Crippen LogP contribution in [0.4, 0.5) is 4.39 Å². The predicted molar refractivity (Wildman–Crippen MR) is 70.7 cm³/mol. The highest BCUT2D eigenvalue weighted by Crippen LogP contribution is 2.21. The van der Waals surface area contributed by atoms with E-state index in [0.717, 1.165) is 29.8 Å². The molecule has 0 bridgehead atoms. The zero-order valence-corrected chi connectivity index (χ0v) is 10.9. The molecule has 0 aliphatic rings. The number of benzene rings is 1. The molecule has 96 valence electrons. The highest BCUT2D eigenvalue weighted by atomic mass is 35.5. The molecule has 5 heteroatoms. The Balaban J connectivity index is 2.46. The van der Waals surface area contributed by atoms with Crippen LogP contribution in [0.25, 0.3) is 5.69 Å². The number of aromatic nitrogens is 2. The zero-order chi connectivity index (χ0) is 13.1. The third-order valence-corrected chi connectivity index (χ3v) is 3.14. The van der Waals surface area contributed by atoms with E-state index in [1.165, 1.54) is 6.07 Å². The minimum Gasteiger partial charge on any atom is -0.330 e. The number of rotatable bonds is 4. The van der Waals surface area contributed by atoms with Gasteiger partial charge in [0.25, 0.3) is 0 Å². The Morgan fingerprint density at radius 2 is 2.22 bits per heavy atom. The third-order valence-electron chi connectivity index (χ3n) is 2.85. The fraction of sp³-hybridized carbons (Fsp3) is 0.308. The Morgan fingerprint density at radius 3 is 2.83 bits per heavy atom. The van der Waals surface area contributed by atoms with Crippen LogP contribution in [-0.2, 0) is 12.8 Å². The molecule has 0 saturated carbocycles. The Kier molecular flexibility index (Phi) is 3.99. The first-order chi connectivity index (χ1) is 8.67. The molecule has 0 fully saturated rings. The van der Waals surface area contributed by atoms with E-state index in [-0.39, 0.29) is 5.02 Å². The topological polar surface area (TPSA) is 43.8 Å². The number of nitrogens with two attached hydrogens (primary N) is 1. The van der Waals surface area contributed by atoms with Crippen LogP contribution in [-0.4, -0.2) is 16.3 Å². The fourth-order valence-electron chi connectivity index (χ4n) is 1.99. The third kappa shape index (κ3) is 2.40. The van der Waals surface area contributed by atoms with Crippen molar-refractivity contribution in [1.82, 2.24) is 9.78 Å². The normalized spacial score (nSPS) is 10.9. The van der Waals surface area contributed by atoms with Crippen LogP contribution < -0.4 is 5.73 Å². The molecule has 3 nitrogen and oxygen atoms in total. The Bertz CT molecular complexity index is 551. The molecule has 2 aromatic rings. The van der Waals surface area contributed by atoms with E-state index in [1.54, 1.807) is 16.8 Å². The maximum Gasteiger partial charge on any atom is 0.141 e. The van der Waals surface area contributed by atoms with Crippen LogP contribution in [0.15, 0.2) is 24.4 Å². The average molecular weight is 268 g/mol. The summed E-state index contributed by atoms with van der Waals surface area (Å²) < 4.78 is 14.9. The van der Waals surface area contributed by atoms with Gasteiger partial charge in [0.2, 0.25) is 0 Å². The quantitative estimate of drug-likeness (QED) is 0.926. The summed E-state index contributed by atoms with van der Waals surface area (Å²) in [6, 6.07) is 4.59. The predicted octanol–water partition coefficient (Wildman–Crippen LogP) is 2.73. The number of halogens is 2. The number of hydrogen-bond donors (Lipinski definition) is 1.